The molecule has 136 valence electrons. The Kier molecular flexibility index (Phi) is 4.70. The Morgan fingerprint density at radius 3 is 2.56 bits per heavy atom. The van der Waals surface area contributed by atoms with Crippen LogP contribution < -0.4 is 10.2 Å². The molecule has 1 aliphatic heterocycles. The van der Waals surface area contributed by atoms with Gasteiger partial charge in [-0.1, -0.05) is 12.1 Å². The Bertz CT molecular complexity index is 949. The van der Waals surface area contributed by atoms with E-state index < -0.39 is 0 Å². The van der Waals surface area contributed by atoms with Gasteiger partial charge in [-0.3, -0.25) is 9.59 Å². The minimum atomic E-state index is -0.203. The Labute approximate surface area is 157 Å². The molecule has 1 saturated heterocycles. The van der Waals surface area contributed by atoms with Crippen molar-refractivity contribution >= 4 is 23.2 Å². The summed E-state index contributed by atoms with van der Waals surface area (Å²) in [6.07, 6.45) is 6.07. The van der Waals surface area contributed by atoms with Crippen LogP contribution in [-0.4, -0.2) is 28.1 Å². The summed E-state index contributed by atoms with van der Waals surface area (Å²) < 4.78 is 1.71. The molecule has 1 N–H and O–H groups in total. The molecule has 0 bridgehead atoms. The van der Waals surface area contributed by atoms with E-state index in [0.29, 0.717) is 17.7 Å². The second kappa shape index (κ2) is 7.45. The monoisotopic (exact) mass is 360 g/mol. The molecule has 0 atom stereocenters. The number of piperidine rings is 1. The molecule has 6 heteroatoms. The van der Waals surface area contributed by atoms with Crippen molar-refractivity contribution in [3.63, 3.8) is 0 Å². The number of hydrogen-bond acceptors (Lipinski definition) is 3. The van der Waals surface area contributed by atoms with Crippen molar-refractivity contribution in [2.75, 3.05) is 16.8 Å². The fourth-order valence-corrected chi connectivity index (χ4v) is 3.26. The SMILES string of the molecule is O=C(Nc1ccccc1-n1cccn1)c1ccc(N2CCCCC2=O)cc1. The number of aromatic nitrogens is 2. The highest BCUT2D eigenvalue weighted by atomic mass is 16.2. The van der Waals surface area contributed by atoms with Crippen LogP contribution in [0.1, 0.15) is 29.6 Å². The van der Waals surface area contributed by atoms with E-state index in [0.717, 1.165) is 30.8 Å². The third kappa shape index (κ3) is 3.60. The molecule has 0 unspecified atom stereocenters. The first-order chi connectivity index (χ1) is 13.2. The van der Waals surface area contributed by atoms with Crippen LogP contribution in [0.5, 0.6) is 0 Å². The standard InChI is InChI=1S/C21H20N4O2/c26-20-8-3-4-14-24(20)17-11-9-16(10-12-17)21(27)23-18-6-1-2-7-19(18)25-15-5-13-22-25/h1-2,5-7,9-13,15H,3-4,8,14H2,(H,23,27). The number of para-hydroxylation sites is 2. The molecule has 0 saturated carbocycles. The Balaban J connectivity index is 1.52. The van der Waals surface area contributed by atoms with Crippen molar-refractivity contribution in [2.24, 2.45) is 0 Å². The van der Waals surface area contributed by atoms with Gasteiger partial charge in [-0.05, 0) is 55.3 Å². The van der Waals surface area contributed by atoms with Gasteiger partial charge in [0.2, 0.25) is 5.91 Å². The van der Waals surface area contributed by atoms with Crippen molar-refractivity contribution in [1.29, 1.82) is 0 Å². The Hall–Kier alpha value is -3.41. The largest absolute Gasteiger partial charge is 0.320 e. The van der Waals surface area contributed by atoms with E-state index in [9.17, 15) is 9.59 Å². The number of nitrogens with zero attached hydrogens (tertiary/aromatic N) is 3. The van der Waals surface area contributed by atoms with E-state index in [-0.39, 0.29) is 11.8 Å². The lowest BCUT2D eigenvalue weighted by Gasteiger charge is -2.26. The zero-order valence-electron chi connectivity index (χ0n) is 14.8. The molecule has 0 aliphatic carbocycles. The summed E-state index contributed by atoms with van der Waals surface area (Å²) >= 11 is 0. The second-order valence-corrected chi connectivity index (χ2v) is 6.47. The van der Waals surface area contributed by atoms with Gasteiger partial charge in [0.05, 0.1) is 11.4 Å². The van der Waals surface area contributed by atoms with Crippen molar-refractivity contribution in [3.8, 4) is 5.69 Å². The van der Waals surface area contributed by atoms with Gasteiger partial charge in [0.25, 0.3) is 5.91 Å². The molecule has 1 fully saturated rings. The number of nitrogens with one attached hydrogen (secondary N) is 1. The summed E-state index contributed by atoms with van der Waals surface area (Å²) in [6.45, 7) is 0.738. The Morgan fingerprint density at radius 1 is 1.00 bits per heavy atom. The summed E-state index contributed by atoms with van der Waals surface area (Å²) in [5.74, 6) is -0.0577. The molecule has 1 aromatic heterocycles. The van der Waals surface area contributed by atoms with Crippen LogP contribution in [0.2, 0.25) is 0 Å². The molecule has 2 heterocycles. The van der Waals surface area contributed by atoms with Crippen LogP contribution in [0.3, 0.4) is 0 Å². The molecule has 2 amide bonds. The summed E-state index contributed by atoms with van der Waals surface area (Å²) in [7, 11) is 0. The Morgan fingerprint density at radius 2 is 1.81 bits per heavy atom. The van der Waals surface area contributed by atoms with Gasteiger partial charge >= 0.3 is 0 Å². The zero-order chi connectivity index (χ0) is 18.6. The average Bonchev–Trinajstić information content (AvgIpc) is 3.23. The van der Waals surface area contributed by atoms with Crippen molar-refractivity contribution in [3.05, 3.63) is 72.6 Å². The number of carbonyl (C=O) groups is 2. The zero-order valence-corrected chi connectivity index (χ0v) is 14.8. The summed E-state index contributed by atoms with van der Waals surface area (Å²) in [6, 6.07) is 16.5. The first kappa shape index (κ1) is 17.0. The van der Waals surface area contributed by atoms with Gasteiger partial charge in [0.15, 0.2) is 0 Å². The maximum absolute atomic E-state index is 12.7. The highest BCUT2D eigenvalue weighted by molar-refractivity contribution is 6.05. The van der Waals surface area contributed by atoms with Crippen LogP contribution in [0.4, 0.5) is 11.4 Å². The van der Waals surface area contributed by atoms with E-state index in [1.165, 1.54) is 0 Å². The minimum Gasteiger partial charge on any atom is -0.320 e. The van der Waals surface area contributed by atoms with Crippen LogP contribution in [0, 0.1) is 0 Å². The normalized spacial score (nSPS) is 14.2. The van der Waals surface area contributed by atoms with E-state index in [1.54, 1.807) is 27.9 Å². The van der Waals surface area contributed by atoms with E-state index in [4.69, 9.17) is 0 Å². The predicted molar refractivity (Wildman–Crippen MR) is 104 cm³/mol. The predicted octanol–water partition coefficient (Wildman–Crippen LogP) is 3.64. The molecule has 4 rings (SSSR count). The van der Waals surface area contributed by atoms with Gasteiger partial charge in [-0.15, -0.1) is 0 Å². The van der Waals surface area contributed by atoms with E-state index in [1.807, 2.05) is 48.7 Å². The second-order valence-electron chi connectivity index (χ2n) is 6.47. The fourth-order valence-electron chi connectivity index (χ4n) is 3.26. The number of rotatable bonds is 4. The third-order valence-electron chi connectivity index (χ3n) is 4.67. The van der Waals surface area contributed by atoms with Crippen LogP contribution in [0.25, 0.3) is 5.69 Å². The van der Waals surface area contributed by atoms with Gasteiger partial charge in [-0.25, -0.2) is 4.68 Å². The van der Waals surface area contributed by atoms with Crippen LogP contribution >= 0.6 is 0 Å². The van der Waals surface area contributed by atoms with Gasteiger partial charge < -0.3 is 10.2 Å². The molecule has 0 spiro atoms. The lowest BCUT2D eigenvalue weighted by molar-refractivity contribution is -0.119. The summed E-state index contributed by atoms with van der Waals surface area (Å²) in [4.78, 5) is 26.5. The first-order valence-electron chi connectivity index (χ1n) is 9.03. The van der Waals surface area contributed by atoms with Crippen molar-refractivity contribution in [1.82, 2.24) is 9.78 Å². The highest BCUT2D eigenvalue weighted by Gasteiger charge is 2.19. The highest BCUT2D eigenvalue weighted by Crippen LogP contribution is 2.23. The van der Waals surface area contributed by atoms with Gasteiger partial charge in [-0.2, -0.15) is 5.10 Å². The fraction of sp³-hybridized carbons (Fsp3) is 0.190. The molecule has 0 radical (unpaired) electrons. The molecular weight excluding hydrogens is 340 g/mol. The molecule has 2 aromatic carbocycles. The molecule has 3 aromatic rings. The minimum absolute atomic E-state index is 0.145. The van der Waals surface area contributed by atoms with Crippen LogP contribution in [0.15, 0.2) is 67.0 Å². The van der Waals surface area contributed by atoms with E-state index >= 15 is 0 Å². The lowest BCUT2D eigenvalue weighted by Crippen LogP contribution is -2.35. The number of benzene rings is 2. The summed E-state index contributed by atoms with van der Waals surface area (Å²) in [5, 5.41) is 7.17. The van der Waals surface area contributed by atoms with Crippen molar-refractivity contribution < 1.29 is 9.59 Å². The molecular formula is C21H20N4O2. The maximum Gasteiger partial charge on any atom is 0.255 e. The van der Waals surface area contributed by atoms with E-state index in [2.05, 4.69) is 10.4 Å². The quantitative estimate of drug-likeness (QED) is 0.772. The smallest absolute Gasteiger partial charge is 0.255 e. The maximum atomic E-state index is 12.7. The lowest BCUT2D eigenvalue weighted by atomic mass is 10.1. The van der Waals surface area contributed by atoms with Crippen LogP contribution in [-0.2, 0) is 4.79 Å². The molecule has 1 aliphatic rings. The number of hydrogen-bond donors (Lipinski definition) is 1. The van der Waals surface area contributed by atoms with Gasteiger partial charge in [0.1, 0.15) is 0 Å². The topological polar surface area (TPSA) is 67.2 Å². The molecule has 27 heavy (non-hydrogen) atoms. The number of carbonyl (C=O) groups excluding carboxylic acids is 2. The third-order valence-corrected chi connectivity index (χ3v) is 4.67. The molecule has 6 nitrogen and oxygen atoms in total. The number of amides is 2. The average molecular weight is 360 g/mol. The first-order valence-corrected chi connectivity index (χ1v) is 9.03. The summed E-state index contributed by atoms with van der Waals surface area (Å²) in [5.41, 5.74) is 2.86. The number of anilines is 2. The van der Waals surface area contributed by atoms with Crippen molar-refractivity contribution in [2.45, 2.75) is 19.3 Å². The van der Waals surface area contributed by atoms with Gasteiger partial charge in [0, 0.05) is 36.6 Å².